The van der Waals surface area contributed by atoms with Crippen LogP contribution in [0.3, 0.4) is 0 Å². The lowest BCUT2D eigenvalue weighted by Gasteiger charge is -2.03. The van der Waals surface area contributed by atoms with Gasteiger partial charge in [-0.15, -0.1) is 0 Å². The van der Waals surface area contributed by atoms with E-state index in [1.54, 1.807) is 12.1 Å². The van der Waals surface area contributed by atoms with Crippen molar-refractivity contribution in [1.29, 1.82) is 0 Å². The van der Waals surface area contributed by atoms with Crippen molar-refractivity contribution in [1.82, 2.24) is 0 Å². The summed E-state index contributed by atoms with van der Waals surface area (Å²) in [6.07, 6.45) is 1.70. The fraction of sp³-hybridized carbons (Fsp3) is 0.333. The maximum Gasteiger partial charge on any atom is 0.205 e. The average molecular weight is 238 g/mol. The van der Waals surface area contributed by atoms with Crippen molar-refractivity contribution in [2.24, 2.45) is 0 Å². The first-order valence-electron chi connectivity index (χ1n) is 5.19. The van der Waals surface area contributed by atoms with Crippen LogP contribution in [-0.4, -0.2) is 21.6 Å². The third-order valence-electron chi connectivity index (χ3n) is 2.56. The Bertz CT molecular complexity index is 541. The highest BCUT2D eigenvalue weighted by atomic mass is 32.2. The first-order valence-corrected chi connectivity index (χ1v) is 6.68. The fourth-order valence-electron chi connectivity index (χ4n) is 1.74. The van der Waals surface area contributed by atoms with Crippen molar-refractivity contribution < 1.29 is 13.2 Å². The summed E-state index contributed by atoms with van der Waals surface area (Å²) in [5.41, 5.74) is 1.83. The van der Waals surface area contributed by atoms with Gasteiger partial charge < -0.3 is 4.74 Å². The molecule has 0 aromatic heterocycles. The number of rotatable bonds is 3. The van der Waals surface area contributed by atoms with Crippen LogP contribution in [0.5, 0.6) is 0 Å². The molecule has 0 fully saturated rings. The summed E-state index contributed by atoms with van der Waals surface area (Å²) in [6, 6.07) is 5.36. The second-order valence-electron chi connectivity index (χ2n) is 3.79. The number of benzene rings is 1. The van der Waals surface area contributed by atoms with Crippen molar-refractivity contribution in [2.75, 3.05) is 13.2 Å². The highest BCUT2D eigenvalue weighted by Crippen LogP contribution is 2.33. The minimum Gasteiger partial charge on any atom is -0.376 e. The van der Waals surface area contributed by atoms with Gasteiger partial charge in [0, 0.05) is 6.61 Å². The number of hydrogen-bond donors (Lipinski definition) is 0. The molecule has 2 rings (SSSR count). The van der Waals surface area contributed by atoms with Crippen LogP contribution in [0, 0.1) is 6.92 Å². The molecule has 0 radical (unpaired) electrons. The van der Waals surface area contributed by atoms with E-state index in [4.69, 9.17) is 4.74 Å². The molecule has 0 saturated heterocycles. The van der Waals surface area contributed by atoms with E-state index in [1.807, 2.05) is 26.0 Å². The van der Waals surface area contributed by atoms with E-state index in [0.29, 0.717) is 16.4 Å². The lowest BCUT2D eigenvalue weighted by Crippen LogP contribution is -2.06. The first kappa shape index (κ1) is 11.4. The van der Waals surface area contributed by atoms with Crippen LogP contribution >= 0.6 is 0 Å². The van der Waals surface area contributed by atoms with Crippen molar-refractivity contribution in [2.45, 2.75) is 18.7 Å². The molecule has 0 saturated carbocycles. The zero-order valence-corrected chi connectivity index (χ0v) is 10.2. The molecule has 0 N–H and O–H groups in total. The summed E-state index contributed by atoms with van der Waals surface area (Å²) in [5, 5.41) is 0. The van der Waals surface area contributed by atoms with Gasteiger partial charge in [-0.2, -0.15) is 0 Å². The van der Waals surface area contributed by atoms with Crippen LogP contribution in [0.4, 0.5) is 0 Å². The third kappa shape index (κ3) is 1.79. The van der Waals surface area contributed by atoms with E-state index in [-0.39, 0.29) is 6.61 Å². The zero-order valence-electron chi connectivity index (χ0n) is 9.36. The molecular weight excluding hydrogens is 224 g/mol. The monoisotopic (exact) mass is 238 g/mol. The van der Waals surface area contributed by atoms with Gasteiger partial charge in [-0.1, -0.05) is 17.7 Å². The predicted molar refractivity (Wildman–Crippen MR) is 62.8 cm³/mol. The smallest absolute Gasteiger partial charge is 0.205 e. The van der Waals surface area contributed by atoms with Crippen LogP contribution in [0.15, 0.2) is 28.0 Å². The summed E-state index contributed by atoms with van der Waals surface area (Å²) in [6.45, 7) is 4.47. The SMILES string of the molecule is CCOCC1=Cc2cc(C)ccc2S1(=O)=O. The number of fused-ring (bicyclic) bond motifs is 1. The van der Waals surface area contributed by atoms with Crippen LogP contribution in [0.25, 0.3) is 6.08 Å². The van der Waals surface area contributed by atoms with Gasteiger partial charge in [0.15, 0.2) is 0 Å². The van der Waals surface area contributed by atoms with E-state index in [0.717, 1.165) is 11.1 Å². The van der Waals surface area contributed by atoms with Crippen LogP contribution < -0.4 is 0 Å². The van der Waals surface area contributed by atoms with Crippen LogP contribution in [0.1, 0.15) is 18.1 Å². The van der Waals surface area contributed by atoms with Crippen LogP contribution in [-0.2, 0) is 14.6 Å². The predicted octanol–water partition coefficient (Wildman–Crippen LogP) is 2.16. The fourth-order valence-corrected chi connectivity index (χ4v) is 3.22. The number of ether oxygens (including phenoxy) is 1. The molecule has 0 atom stereocenters. The van der Waals surface area contributed by atoms with Gasteiger partial charge in [-0.05, 0) is 31.6 Å². The topological polar surface area (TPSA) is 43.4 Å². The van der Waals surface area contributed by atoms with Gasteiger partial charge in [0.25, 0.3) is 0 Å². The molecule has 3 nitrogen and oxygen atoms in total. The molecule has 16 heavy (non-hydrogen) atoms. The summed E-state index contributed by atoms with van der Waals surface area (Å²) in [5.74, 6) is 0. The minimum absolute atomic E-state index is 0.159. The molecule has 1 aliphatic heterocycles. The Labute approximate surface area is 95.7 Å². The zero-order chi connectivity index (χ0) is 11.8. The lowest BCUT2D eigenvalue weighted by molar-refractivity contribution is 0.175. The van der Waals surface area contributed by atoms with Gasteiger partial charge in [-0.25, -0.2) is 8.42 Å². The van der Waals surface area contributed by atoms with Gasteiger partial charge in [0.05, 0.1) is 16.4 Å². The van der Waals surface area contributed by atoms with E-state index in [2.05, 4.69) is 0 Å². The second-order valence-corrected chi connectivity index (χ2v) is 5.76. The number of sulfone groups is 1. The molecule has 4 heteroatoms. The molecule has 86 valence electrons. The molecule has 0 unspecified atom stereocenters. The Hall–Kier alpha value is -1.13. The summed E-state index contributed by atoms with van der Waals surface area (Å²) in [7, 11) is -3.30. The quantitative estimate of drug-likeness (QED) is 0.810. The van der Waals surface area contributed by atoms with E-state index >= 15 is 0 Å². The van der Waals surface area contributed by atoms with Gasteiger partial charge in [-0.3, -0.25) is 0 Å². The molecule has 0 spiro atoms. The van der Waals surface area contributed by atoms with Crippen molar-refractivity contribution >= 4 is 15.9 Å². The average Bonchev–Trinajstić information content (AvgIpc) is 2.47. The normalized spacial score (nSPS) is 17.0. The lowest BCUT2D eigenvalue weighted by atomic mass is 10.1. The van der Waals surface area contributed by atoms with E-state index < -0.39 is 9.84 Å². The van der Waals surface area contributed by atoms with Gasteiger partial charge in [0.2, 0.25) is 9.84 Å². The highest BCUT2D eigenvalue weighted by Gasteiger charge is 2.29. The summed E-state index contributed by atoms with van der Waals surface area (Å²) in [4.78, 5) is 0.753. The minimum atomic E-state index is -3.30. The standard InChI is InChI=1S/C12H14O3S/c1-3-15-8-11-7-10-6-9(2)4-5-12(10)16(11,13)14/h4-7H,3,8H2,1-2H3. The van der Waals surface area contributed by atoms with E-state index in [1.165, 1.54) is 0 Å². The molecule has 1 aromatic rings. The summed E-state index contributed by atoms with van der Waals surface area (Å²) < 4.78 is 29.3. The first-order chi connectivity index (χ1) is 7.55. The Morgan fingerprint density at radius 2 is 2.06 bits per heavy atom. The largest absolute Gasteiger partial charge is 0.376 e. The van der Waals surface area contributed by atoms with Crippen LogP contribution in [0.2, 0.25) is 0 Å². The molecule has 1 aliphatic rings. The number of aryl methyl sites for hydroxylation is 1. The molecule has 1 heterocycles. The molecule has 0 aliphatic carbocycles. The maximum absolute atomic E-state index is 12.1. The molecule has 1 aromatic carbocycles. The second kappa shape index (κ2) is 4.03. The maximum atomic E-state index is 12.1. The number of hydrogen-bond acceptors (Lipinski definition) is 3. The molecular formula is C12H14O3S. The van der Waals surface area contributed by atoms with Crippen molar-refractivity contribution in [3.05, 3.63) is 34.2 Å². The van der Waals surface area contributed by atoms with Gasteiger partial charge in [0.1, 0.15) is 0 Å². The summed E-state index contributed by atoms with van der Waals surface area (Å²) >= 11 is 0. The Kier molecular flexibility index (Phi) is 2.86. The Morgan fingerprint density at radius 3 is 2.75 bits per heavy atom. The Balaban J connectivity index is 2.44. The van der Waals surface area contributed by atoms with Crippen molar-refractivity contribution in [3.8, 4) is 0 Å². The molecule has 0 bridgehead atoms. The van der Waals surface area contributed by atoms with Gasteiger partial charge >= 0.3 is 0 Å². The highest BCUT2D eigenvalue weighted by molar-refractivity contribution is 7.95. The van der Waals surface area contributed by atoms with Crippen molar-refractivity contribution in [3.63, 3.8) is 0 Å². The Morgan fingerprint density at radius 1 is 1.31 bits per heavy atom. The van der Waals surface area contributed by atoms with E-state index in [9.17, 15) is 8.42 Å². The third-order valence-corrected chi connectivity index (χ3v) is 4.44. The molecule has 0 amide bonds.